The summed E-state index contributed by atoms with van der Waals surface area (Å²) in [5, 5.41) is 2.48. The highest BCUT2D eigenvalue weighted by atomic mass is 31.1. The number of ether oxygens (including phenoxy) is 3. The lowest BCUT2D eigenvalue weighted by Gasteiger charge is -2.31. The Kier molecular flexibility index (Phi) is 8.36. The highest BCUT2D eigenvalue weighted by Gasteiger charge is 2.45. The number of allylic oxidation sites excluding steroid dienone is 1. The summed E-state index contributed by atoms with van der Waals surface area (Å²) in [6, 6.07) is 32.0. The van der Waals surface area contributed by atoms with Gasteiger partial charge in [-0.2, -0.15) is 4.35 Å². The van der Waals surface area contributed by atoms with Crippen LogP contribution in [0.2, 0.25) is 0 Å². The molecule has 0 spiro atoms. The summed E-state index contributed by atoms with van der Waals surface area (Å²) < 4.78 is 21.4. The number of methoxy groups -OCH3 is 2. The van der Waals surface area contributed by atoms with Gasteiger partial charge >= 0.3 is 0 Å². The lowest BCUT2D eigenvalue weighted by atomic mass is 9.71. The number of hydrogen-bond donors (Lipinski definition) is 0. The first-order valence-corrected chi connectivity index (χ1v) is 15.5. The monoisotopic (exact) mass is 566 g/mol. The number of rotatable bonds is 7. The molecule has 1 aliphatic carbocycles. The molecule has 1 atom stereocenters. The van der Waals surface area contributed by atoms with Gasteiger partial charge in [-0.3, -0.25) is 0 Å². The summed E-state index contributed by atoms with van der Waals surface area (Å²) in [7, 11) is 2.49. The Hall–Kier alpha value is -3.46. The Labute approximate surface area is 246 Å². The Morgan fingerprint density at radius 1 is 0.829 bits per heavy atom. The second-order valence-corrected chi connectivity index (χ2v) is 14.2. The molecule has 3 aromatic carbocycles. The zero-order valence-corrected chi connectivity index (χ0v) is 26.1. The van der Waals surface area contributed by atoms with E-state index in [1.807, 2.05) is 0 Å². The minimum atomic E-state index is -1.02. The van der Waals surface area contributed by atoms with E-state index in [9.17, 15) is 0 Å². The van der Waals surface area contributed by atoms with Gasteiger partial charge in [0.2, 0.25) is 5.69 Å². The Balaban J connectivity index is 1.80. The predicted octanol–water partition coefficient (Wildman–Crippen LogP) is 7.66. The first-order chi connectivity index (χ1) is 19.7. The molecule has 4 nitrogen and oxygen atoms in total. The van der Waals surface area contributed by atoms with E-state index in [2.05, 4.69) is 142 Å². The van der Waals surface area contributed by atoms with Crippen molar-refractivity contribution in [1.29, 1.82) is 0 Å². The number of hydrogen-bond acceptors (Lipinski definition) is 3. The molecule has 3 aromatic rings. The van der Waals surface area contributed by atoms with Crippen LogP contribution >= 0.6 is 8.07 Å². The molecule has 1 aliphatic heterocycles. The molecular weight excluding hydrogens is 525 g/mol. The largest absolute Gasteiger partial charge is 0.492 e. The number of benzene rings is 3. The van der Waals surface area contributed by atoms with E-state index in [1.165, 1.54) is 16.2 Å². The summed E-state index contributed by atoms with van der Waals surface area (Å²) in [5.41, 5.74) is 4.26. The van der Waals surface area contributed by atoms with E-state index in [1.54, 1.807) is 14.2 Å². The van der Waals surface area contributed by atoms with E-state index >= 15 is 0 Å². The van der Waals surface area contributed by atoms with Gasteiger partial charge in [0, 0.05) is 40.8 Å². The molecule has 1 unspecified atom stereocenters. The van der Waals surface area contributed by atoms with Crippen molar-refractivity contribution in [2.45, 2.75) is 40.7 Å². The average Bonchev–Trinajstić information content (AvgIpc) is 3.32. The topological polar surface area (TPSA) is 30.7 Å². The highest BCUT2D eigenvalue weighted by Crippen LogP contribution is 2.49. The van der Waals surface area contributed by atoms with Crippen molar-refractivity contribution < 1.29 is 18.6 Å². The minimum absolute atomic E-state index is 0.0468. The van der Waals surface area contributed by atoms with Gasteiger partial charge in [-0.15, -0.1) is 0 Å². The first kappa shape index (κ1) is 29.0. The Morgan fingerprint density at radius 2 is 1.37 bits per heavy atom. The molecule has 0 aromatic heterocycles. The minimum Gasteiger partial charge on any atom is -0.492 e. The van der Waals surface area contributed by atoms with Gasteiger partial charge < -0.3 is 14.2 Å². The quantitative estimate of drug-likeness (QED) is 0.275. The van der Waals surface area contributed by atoms with Crippen LogP contribution in [0.3, 0.4) is 0 Å². The van der Waals surface area contributed by atoms with Gasteiger partial charge in [0.05, 0.1) is 13.7 Å². The average molecular weight is 567 g/mol. The molecule has 0 amide bonds. The molecule has 5 rings (SSSR count). The fraction of sp³-hybridized carbons (Fsp3) is 0.306. The third-order valence-electron chi connectivity index (χ3n) is 7.54. The van der Waals surface area contributed by atoms with Crippen LogP contribution in [0.5, 0.6) is 0 Å². The van der Waals surface area contributed by atoms with Crippen LogP contribution in [0.25, 0.3) is 0 Å². The van der Waals surface area contributed by atoms with Gasteiger partial charge in [-0.25, -0.2) is 0 Å². The molecule has 0 N–H and O–H groups in total. The molecule has 0 bridgehead atoms. The van der Waals surface area contributed by atoms with Gasteiger partial charge in [0.1, 0.15) is 5.76 Å². The summed E-state index contributed by atoms with van der Waals surface area (Å²) in [6.45, 7) is 12.0. The Morgan fingerprint density at radius 3 is 1.85 bits per heavy atom. The van der Waals surface area contributed by atoms with Crippen LogP contribution < -0.4 is 10.6 Å². The second kappa shape index (κ2) is 11.8. The molecule has 0 fully saturated rings. The van der Waals surface area contributed by atoms with Crippen molar-refractivity contribution in [2.24, 2.45) is 10.8 Å². The van der Waals surface area contributed by atoms with Crippen molar-refractivity contribution in [3.05, 3.63) is 126 Å². The van der Waals surface area contributed by atoms with Gasteiger partial charge in [0.25, 0.3) is 13.8 Å². The molecule has 212 valence electrons. The summed E-state index contributed by atoms with van der Waals surface area (Å²) >= 11 is 0. The van der Waals surface area contributed by atoms with Crippen molar-refractivity contribution in [3.63, 3.8) is 0 Å². The standard InChI is InChI=1S/C36H41NO3P/c1-35(2,3)34-33(40-25-36(34,4)5)26-23-30(38-6)32(31(24-26)39-7)37(27-17-11-8-12-18-27)41(28-19-13-9-14-20-28)29-21-15-10-16-22-29/h8-24,30H,25H2,1-7H3/q+1. The molecular formula is C36H41NO3P+. The maximum absolute atomic E-state index is 6.44. The van der Waals surface area contributed by atoms with E-state index in [4.69, 9.17) is 14.2 Å². The van der Waals surface area contributed by atoms with Crippen LogP contribution in [-0.4, -0.2) is 37.0 Å². The van der Waals surface area contributed by atoms with E-state index < -0.39 is 8.07 Å². The molecule has 2 aliphatic rings. The van der Waals surface area contributed by atoms with Crippen molar-refractivity contribution in [2.75, 3.05) is 20.8 Å². The van der Waals surface area contributed by atoms with E-state index in [-0.39, 0.29) is 16.9 Å². The lowest BCUT2D eigenvalue weighted by Crippen LogP contribution is -2.35. The molecule has 1 heterocycles. The zero-order valence-electron chi connectivity index (χ0n) is 25.2. The van der Waals surface area contributed by atoms with Crippen LogP contribution in [0, 0.1) is 10.8 Å². The van der Waals surface area contributed by atoms with E-state index in [0.717, 1.165) is 28.5 Å². The number of para-hydroxylation sites is 1. The third-order valence-corrected chi connectivity index (χ3v) is 9.96. The fourth-order valence-electron chi connectivity index (χ4n) is 6.09. The maximum atomic E-state index is 6.44. The van der Waals surface area contributed by atoms with Crippen molar-refractivity contribution in [3.8, 4) is 0 Å². The summed E-state index contributed by atoms with van der Waals surface area (Å²) in [4.78, 5) is 0. The highest BCUT2D eigenvalue weighted by molar-refractivity contribution is 7.67. The molecule has 0 saturated heterocycles. The van der Waals surface area contributed by atoms with Crippen LogP contribution in [-0.2, 0) is 14.2 Å². The number of nitrogens with zero attached hydrogens (tertiary/aromatic N) is 1. The zero-order chi connectivity index (χ0) is 29.2. The smallest absolute Gasteiger partial charge is 0.258 e. The Bertz CT molecular complexity index is 1460. The van der Waals surface area contributed by atoms with Gasteiger partial charge in [-0.1, -0.05) is 89.2 Å². The normalized spacial score (nSPS) is 20.0. The van der Waals surface area contributed by atoms with Gasteiger partial charge in [-0.05, 0) is 47.4 Å². The van der Waals surface area contributed by atoms with Crippen LogP contribution in [0.4, 0.5) is 5.69 Å². The van der Waals surface area contributed by atoms with Crippen molar-refractivity contribution in [1.82, 2.24) is 0 Å². The molecule has 0 saturated carbocycles. The second-order valence-electron chi connectivity index (χ2n) is 12.1. The lowest BCUT2D eigenvalue weighted by molar-refractivity contribution is -0.259. The third kappa shape index (κ3) is 5.82. The summed E-state index contributed by atoms with van der Waals surface area (Å²) in [5.74, 6) is 1.71. The summed E-state index contributed by atoms with van der Waals surface area (Å²) in [6.07, 6.45) is 3.97. The molecule has 41 heavy (non-hydrogen) atoms. The van der Waals surface area contributed by atoms with Crippen LogP contribution in [0.15, 0.2) is 126 Å². The first-order valence-electron chi connectivity index (χ1n) is 14.2. The maximum Gasteiger partial charge on any atom is 0.258 e. The molecule has 0 radical (unpaired) electrons. The van der Waals surface area contributed by atoms with E-state index in [0.29, 0.717) is 6.61 Å². The molecule has 5 heteroatoms. The SMILES string of the molecule is COC1=CC(C2=C(C(C)(C)C)C(C)(C)CO2)=CC(OC)C1=[N+](c1ccccc1)P(c1ccccc1)c1ccccc1. The predicted molar refractivity (Wildman–Crippen MR) is 171 cm³/mol. The van der Waals surface area contributed by atoms with Crippen molar-refractivity contribution >= 4 is 30.1 Å². The van der Waals surface area contributed by atoms with Crippen LogP contribution in [0.1, 0.15) is 34.6 Å². The fourth-order valence-corrected chi connectivity index (χ4v) is 8.55. The van der Waals surface area contributed by atoms with Gasteiger partial charge in [0.15, 0.2) is 11.9 Å².